The maximum Gasteiger partial charge on any atom is 0.293 e. The molecule has 0 aliphatic carbocycles. The zero-order valence-corrected chi connectivity index (χ0v) is 10.3. The summed E-state index contributed by atoms with van der Waals surface area (Å²) in [5.41, 5.74) is 2.25. The van der Waals surface area contributed by atoms with E-state index in [0.29, 0.717) is 5.76 Å². The summed E-state index contributed by atoms with van der Waals surface area (Å²) in [5.74, 6) is 1.14. The van der Waals surface area contributed by atoms with E-state index in [9.17, 15) is 4.79 Å². The number of hydrogen-bond donors (Lipinski definition) is 0. The zero-order valence-electron chi connectivity index (χ0n) is 10.3. The molecule has 1 aromatic carbocycles. The number of amides is 1. The van der Waals surface area contributed by atoms with Crippen molar-refractivity contribution >= 4 is 11.6 Å². The Balaban J connectivity index is 1.96. The van der Waals surface area contributed by atoms with Gasteiger partial charge in [0.1, 0.15) is 5.76 Å². The van der Waals surface area contributed by atoms with Gasteiger partial charge in [0.15, 0.2) is 5.76 Å². The maximum absolute atomic E-state index is 12.4. The van der Waals surface area contributed by atoms with Crippen molar-refractivity contribution in [3.05, 3.63) is 53.5 Å². The molecule has 0 saturated heterocycles. The highest BCUT2D eigenvalue weighted by Crippen LogP contribution is 2.28. The highest BCUT2D eigenvalue weighted by atomic mass is 16.3. The number of anilines is 1. The van der Waals surface area contributed by atoms with Gasteiger partial charge < -0.3 is 9.32 Å². The topological polar surface area (TPSA) is 33.5 Å². The first-order valence-electron chi connectivity index (χ1n) is 6.22. The van der Waals surface area contributed by atoms with Crippen molar-refractivity contribution in [1.82, 2.24) is 0 Å². The van der Waals surface area contributed by atoms with Crippen LogP contribution in [0.5, 0.6) is 0 Å². The van der Waals surface area contributed by atoms with Gasteiger partial charge in [0.25, 0.3) is 5.91 Å². The highest BCUT2D eigenvalue weighted by molar-refractivity contribution is 6.04. The molecule has 0 N–H and O–H groups in total. The molecule has 0 bridgehead atoms. The molecule has 3 heteroatoms. The van der Waals surface area contributed by atoms with Gasteiger partial charge in [0, 0.05) is 12.2 Å². The molecular formula is C15H15NO2. The first-order chi connectivity index (χ1) is 8.75. The van der Waals surface area contributed by atoms with Crippen LogP contribution in [0.2, 0.25) is 0 Å². The Hall–Kier alpha value is -2.03. The van der Waals surface area contributed by atoms with Crippen molar-refractivity contribution in [2.24, 2.45) is 0 Å². The van der Waals surface area contributed by atoms with Gasteiger partial charge in [-0.3, -0.25) is 4.79 Å². The summed E-state index contributed by atoms with van der Waals surface area (Å²) in [7, 11) is 0. The molecule has 0 saturated carbocycles. The van der Waals surface area contributed by atoms with E-state index in [-0.39, 0.29) is 5.91 Å². The van der Waals surface area contributed by atoms with Crippen LogP contribution in [0.15, 0.2) is 40.8 Å². The molecule has 1 amide bonds. The summed E-state index contributed by atoms with van der Waals surface area (Å²) >= 11 is 0. The lowest BCUT2D eigenvalue weighted by molar-refractivity contribution is 0.0957. The van der Waals surface area contributed by atoms with Crippen LogP contribution in [-0.2, 0) is 6.42 Å². The molecule has 0 fully saturated rings. The second kappa shape index (κ2) is 4.33. The van der Waals surface area contributed by atoms with Gasteiger partial charge in [0.05, 0.1) is 0 Å². The van der Waals surface area contributed by atoms with Crippen molar-refractivity contribution in [1.29, 1.82) is 0 Å². The molecule has 1 aliphatic rings. The van der Waals surface area contributed by atoms with E-state index in [1.807, 2.05) is 36.1 Å². The van der Waals surface area contributed by atoms with Gasteiger partial charge in [-0.1, -0.05) is 18.2 Å². The summed E-state index contributed by atoms with van der Waals surface area (Å²) < 4.78 is 5.42. The standard InChI is InChI=1S/C15H15NO2/c1-11-8-9-14(18-11)15(17)16-10-4-6-12-5-2-3-7-13(12)16/h2-3,5,7-9H,4,6,10H2,1H3. The molecule has 18 heavy (non-hydrogen) atoms. The number of nitrogens with zero attached hydrogens (tertiary/aromatic N) is 1. The van der Waals surface area contributed by atoms with Crippen LogP contribution < -0.4 is 4.90 Å². The lowest BCUT2D eigenvalue weighted by Crippen LogP contribution is -2.35. The van der Waals surface area contributed by atoms with E-state index in [2.05, 4.69) is 6.07 Å². The normalized spacial score (nSPS) is 14.4. The van der Waals surface area contributed by atoms with Gasteiger partial charge in [-0.2, -0.15) is 0 Å². The summed E-state index contributed by atoms with van der Waals surface area (Å²) in [6.45, 7) is 2.61. The van der Waals surface area contributed by atoms with Crippen molar-refractivity contribution in [3.8, 4) is 0 Å². The highest BCUT2D eigenvalue weighted by Gasteiger charge is 2.24. The van der Waals surface area contributed by atoms with Gasteiger partial charge in [-0.25, -0.2) is 0 Å². The monoisotopic (exact) mass is 241 g/mol. The minimum Gasteiger partial charge on any atom is -0.456 e. The number of furan rings is 1. The van der Waals surface area contributed by atoms with Gasteiger partial charge in [0.2, 0.25) is 0 Å². The molecule has 0 unspecified atom stereocenters. The van der Waals surface area contributed by atoms with E-state index in [1.165, 1.54) is 5.56 Å². The Labute approximate surface area is 106 Å². The molecule has 0 atom stereocenters. The Morgan fingerprint density at radius 2 is 2.06 bits per heavy atom. The van der Waals surface area contributed by atoms with E-state index in [0.717, 1.165) is 30.8 Å². The van der Waals surface area contributed by atoms with E-state index in [4.69, 9.17) is 4.42 Å². The van der Waals surface area contributed by atoms with Gasteiger partial charge >= 0.3 is 0 Å². The molecular weight excluding hydrogens is 226 g/mol. The van der Waals surface area contributed by atoms with E-state index < -0.39 is 0 Å². The minimum atomic E-state index is -0.0461. The third-order valence-corrected chi connectivity index (χ3v) is 3.31. The fraction of sp³-hybridized carbons (Fsp3) is 0.267. The first-order valence-corrected chi connectivity index (χ1v) is 6.22. The van der Waals surface area contributed by atoms with Crippen molar-refractivity contribution < 1.29 is 9.21 Å². The molecule has 0 radical (unpaired) electrons. The zero-order chi connectivity index (χ0) is 12.5. The molecule has 2 aromatic rings. The molecule has 92 valence electrons. The Kier molecular flexibility index (Phi) is 2.67. The predicted molar refractivity (Wildman–Crippen MR) is 69.9 cm³/mol. The number of carbonyl (C=O) groups excluding carboxylic acids is 1. The lowest BCUT2D eigenvalue weighted by Gasteiger charge is -2.28. The van der Waals surface area contributed by atoms with Gasteiger partial charge in [-0.15, -0.1) is 0 Å². The SMILES string of the molecule is Cc1ccc(C(=O)N2CCCc3ccccc32)o1. The number of rotatable bonds is 1. The smallest absolute Gasteiger partial charge is 0.293 e. The number of fused-ring (bicyclic) bond motifs is 1. The van der Waals surface area contributed by atoms with Crippen LogP contribution in [0.25, 0.3) is 0 Å². The summed E-state index contributed by atoms with van der Waals surface area (Å²) in [4.78, 5) is 14.2. The van der Waals surface area contributed by atoms with Crippen LogP contribution in [-0.4, -0.2) is 12.5 Å². The molecule has 0 spiro atoms. The fourth-order valence-corrected chi connectivity index (χ4v) is 2.43. The van der Waals surface area contributed by atoms with Crippen molar-refractivity contribution in [2.45, 2.75) is 19.8 Å². The largest absolute Gasteiger partial charge is 0.456 e. The van der Waals surface area contributed by atoms with Crippen LogP contribution >= 0.6 is 0 Å². The Bertz CT molecular complexity index is 586. The number of hydrogen-bond acceptors (Lipinski definition) is 2. The lowest BCUT2D eigenvalue weighted by atomic mass is 10.0. The molecule has 3 nitrogen and oxygen atoms in total. The van der Waals surface area contributed by atoms with Crippen molar-refractivity contribution in [2.75, 3.05) is 11.4 Å². The number of para-hydroxylation sites is 1. The van der Waals surface area contributed by atoms with Gasteiger partial charge in [-0.05, 0) is 43.5 Å². The Morgan fingerprint density at radius 3 is 2.83 bits per heavy atom. The molecule has 1 aliphatic heterocycles. The van der Waals surface area contributed by atoms with E-state index in [1.54, 1.807) is 6.07 Å². The van der Waals surface area contributed by atoms with Crippen LogP contribution in [0.1, 0.15) is 28.3 Å². The van der Waals surface area contributed by atoms with Crippen LogP contribution in [0.4, 0.5) is 5.69 Å². The van der Waals surface area contributed by atoms with Crippen LogP contribution in [0.3, 0.4) is 0 Å². The first kappa shape index (κ1) is 11.1. The summed E-state index contributed by atoms with van der Waals surface area (Å²) in [6.07, 6.45) is 2.04. The second-order valence-corrected chi connectivity index (χ2v) is 4.60. The number of aryl methyl sites for hydroxylation is 2. The van der Waals surface area contributed by atoms with Crippen molar-refractivity contribution in [3.63, 3.8) is 0 Å². The van der Waals surface area contributed by atoms with Crippen LogP contribution in [0, 0.1) is 6.92 Å². The molecule has 1 aromatic heterocycles. The minimum absolute atomic E-state index is 0.0461. The Morgan fingerprint density at radius 1 is 1.22 bits per heavy atom. The number of benzene rings is 1. The quantitative estimate of drug-likeness (QED) is 0.768. The average Bonchev–Trinajstić information content (AvgIpc) is 2.84. The predicted octanol–water partition coefficient (Wildman–Crippen LogP) is 3.18. The summed E-state index contributed by atoms with van der Waals surface area (Å²) in [6, 6.07) is 11.6. The fourth-order valence-electron chi connectivity index (χ4n) is 2.43. The summed E-state index contributed by atoms with van der Waals surface area (Å²) in [5, 5.41) is 0. The number of carbonyl (C=O) groups is 1. The molecule has 3 rings (SSSR count). The second-order valence-electron chi connectivity index (χ2n) is 4.60. The van der Waals surface area contributed by atoms with E-state index >= 15 is 0 Å². The maximum atomic E-state index is 12.4. The third-order valence-electron chi connectivity index (χ3n) is 3.31. The molecule has 2 heterocycles. The third kappa shape index (κ3) is 1.82. The average molecular weight is 241 g/mol.